The SMILES string of the molecule is C[C@]1(O)CC[C@@]2(F)[C@H](CC[C@H]3[C@@H]4CC[C@H](C(=O)CBr)[C@@]4(C)CC[C@@H]32)C1. The van der Waals surface area contributed by atoms with Crippen molar-refractivity contribution in [2.24, 2.45) is 35.0 Å². The van der Waals surface area contributed by atoms with E-state index in [4.69, 9.17) is 0 Å². The fraction of sp³-hybridized carbons (Fsp3) is 0.952. The Kier molecular flexibility index (Phi) is 4.43. The van der Waals surface area contributed by atoms with Gasteiger partial charge in [0, 0.05) is 5.92 Å². The normalized spacial score (nSPS) is 55.2. The molecule has 0 aromatic carbocycles. The molecule has 8 atom stereocenters. The smallest absolute Gasteiger partial charge is 0.147 e. The van der Waals surface area contributed by atoms with Crippen LogP contribution in [0.1, 0.15) is 71.6 Å². The third-order valence-electron chi connectivity index (χ3n) is 8.83. The second-order valence-electron chi connectivity index (χ2n) is 10.1. The van der Waals surface area contributed by atoms with Gasteiger partial charge in [0.05, 0.1) is 10.9 Å². The van der Waals surface area contributed by atoms with Crippen LogP contribution in [0.25, 0.3) is 0 Å². The average Bonchev–Trinajstić information content (AvgIpc) is 2.92. The van der Waals surface area contributed by atoms with Crippen LogP contribution >= 0.6 is 15.9 Å². The predicted molar refractivity (Wildman–Crippen MR) is 100 cm³/mol. The molecule has 4 heteroatoms. The first-order chi connectivity index (χ1) is 11.7. The van der Waals surface area contributed by atoms with Gasteiger partial charge in [-0.3, -0.25) is 4.79 Å². The van der Waals surface area contributed by atoms with E-state index < -0.39 is 11.3 Å². The molecule has 4 saturated carbocycles. The lowest BCUT2D eigenvalue weighted by atomic mass is 9.48. The fourth-order valence-corrected chi connectivity index (χ4v) is 7.99. The van der Waals surface area contributed by atoms with E-state index in [0.29, 0.717) is 42.2 Å². The van der Waals surface area contributed by atoms with Crippen molar-refractivity contribution in [2.45, 2.75) is 82.9 Å². The summed E-state index contributed by atoms with van der Waals surface area (Å²) in [4.78, 5) is 12.4. The van der Waals surface area contributed by atoms with Crippen LogP contribution in [-0.4, -0.2) is 27.5 Å². The molecule has 0 amide bonds. The lowest BCUT2D eigenvalue weighted by Crippen LogP contribution is -2.58. The number of halogens is 2. The quantitative estimate of drug-likeness (QED) is 0.640. The van der Waals surface area contributed by atoms with Crippen LogP contribution in [0, 0.1) is 35.0 Å². The number of Topliss-reactive ketones (excluding diaryl/α,β-unsaturated/α-hetero) is 1. The summed E-state index contributed by atoms with van der Waals surface area (Å²) < 4.78 is 16.2. The Balaban J connectivity index is 1.59. The number of carbonyl (C=O) groups is 1. The van der Waals surface area contributed by atoms with E-state index in [1.54, 1.807) is 0 Å². The first-order valence-electron chi connectivity index (χ1n) is 10.2. The summed E-state index contributed by atoms with van der Waals surface area (Å²) in [6.07, 6.45) is 7.76. The summed E-state index contributed by atoms with van der Waals surface area (Å²) >= 11 is 3.37. The lowest BCUT2D eigenvalue weighted by Gasteiger charge is -2.59. The molecule has 0 spiro atoms. The summed E-state index contributed by atoms with van der Waals surface area (Å²) in [6, 6.07) is 0. The van der Waals surface area contributed by atoms with E-state index in [0.717, 1.165) is 38.5 Å². The molecule has 0 heterocycles. The van der Waals surface area contributed by atoms with Crippen LogP contribution in [0.5, 0.6) is 0 Å². The van der Waals surface area contributed by atoms with Crippen molar-refractivity contribution < 1.29 is 14.3 Å². The second kappa shape index (κ2) is 6.02. The zero-order chi connectivity index (χ0) is 18.0. The summed E-state index contributed by atoms with van der Waals surface area (Å²) in [5.41, 5.74) is -1.68. The van der Waals surface area contributed by atoms with Gasteiger partial charge in [-0.05, 0) is 93.8 Å². The van der Waals surface area contributed by atoms with Crippen molar-refractivity contribution in [3.63, 3.8) is 0 Å². The molecule has 0 bridgehead atoms. The zero-order valence-corrected chi connectivity index (χ0v) is 17.2. The minimum absolute atomic E-state index is 0.0308. The van der Waals surface area contributed by atoms with Gasteiger partial charge < -0.3 is 5.11 Å². The maximum Gasteiger partial charge on any atom is 0.147 e. The largest absolute Gasteiger partial charge is 0.390 e. The highest BCUT2D eigenvalue weighted by Gasteiger charge is 2.63. The molecule has 4 fully saturated rings. The molecule has 0 radical (unpaired) electrons. The third kappa shape index (κ3) is 2.68. The first kappa shape index (κ1) is 18.4. The van der Waals surface area contributed by atoms with E-state index in [1.165, 1.54) is 0 Å². The van der Waals surface area contributed by atoms with Gasteiger partial charge in [-0.25, -0.2) is 4.39 Å². The van der Waals surface area contributed by atoms with Gasteiger partial charge in [0.1, 0.15) is 11.5 Å². The standard InChI is InChI=1S/C21H32BrFO2/c1-19(25)9-10-21(23)13(11-19)3-4-14-15-5-6-17(18(24)12-22)20(15,2)8-7-16(14)21/h13-17,25H,3-12H2,1-2H3/t13-,14+,15+,16+,17-,19+,20+,21-/m1/s1. The average molecular weight is 415 g/mol. The summed E-state index contributed by atoms with van der Waals surface area (Å²) in [7, 11) is 0. The molecular weight excluding hydrogens is 383 g/mol. The molecule has 4 aliphatic rings. The molecule has 0 aromatic heterocycles. The molecule has 2 nitrogen and oxygen atoms in total. The Morgan fingerprint density at radius 2 is 1.84 bits per heavy atom. The maximum absolute atomic E-state index is 16.2. The van der Waals surface area contributed by atoms with Gasteiger partial charge in [-0.2, -0.15) is 0 Å². The highest BCUT2D eigenvalue weighted by molar-refractivity contribution is 9.09. The van der Waals surface area contributed by atoms with Crippen molar-refractivity contribution in [3.05, 3.63) is 0 Å². The number of alkyl halides is 2. The summed E-state index contributed by atoms with van der Waals surface area (Å²) in [5.74, 6) is 1.65. The van der Waals surface area contributed by atoms with Crippen LogP contribution in [0.15, 0.2) is 0 Å². The first-order valence-corrected chi connectivity index (χ1v) is 11.3. The van der Waals surface area contributed by atoms with Crippen molar-refractivity contribution >= 4 is 21.7 Å². The number of ketones is 1. The summed E-state index contributed by atoms with van der Waals surface area (Å²) in [6.45, 7) is 4.19. The molecule has 1 N–H and O–H groups in total. The van der Waals surface area contributed by atoms with Crippen LogP contribution in [-0.2, 0) is 4.79 Å². The Morgan fingerprint density at radius 1 is 1.08 bits per heavy atom. The number of hydrogen-bond acceptors (Lipinski definition) is 2. The van der Waals surface area contributed by atoms with Gasteiger partial charge in [0.15, 0.2) is 0 Å². The summed E-state index contributed by atoms with van der Waals surface area (Å²) in [5, 5.41) is 10.9. The Bertz CT molecular complexity index is 564. The number of rotatable bonds is 2. The van der Waals surface area contributed by atoms with Gasteiger partial charge in [0.2, 0.25) is 0 Å². The number of hydrogen-bond donors (Lipinski definition) is 1. The van der Waals surface area contributed by atoms with Gasteiger partial charge in [0.25, 0.3) is 0 Å². The van der Waals surface area contributed by atoms with E-state index >= 15 is 4.39 Å². The van der Waals surface area contributed by atoms with Crippen molar-refractivity contribution in [3.8, 4) is 0 Å². The highest BCUT2D eigenvalue weighted by Crippen LogP contribution is 2.66. The molecule has 0 unspecified atom stereocenters. The van der Waals surface area contributed by atoms with E-state index in [-0.39, 0.29) is 23.2 Å². The van der Waals surface area contributed by atoms with Gasteiger partial charge >= 0.3 is 0 Å². The van der Waals surface area contributed by atoms with Crippen LogP contribution in [0.3, 0.4) is 0 Å². The monoisotopic (exact) mass is 414 g/mol. The van der Waals surface area contributed by atoms with Crippen molar-refractivity contribution in [1.82, 2.24) is 0 Å². The molecule has 0 aromatic rings. The maximum atomic E-state index is 16.2. The molecule has 25 heavy (non-hydrogen) atoms. The van der Waals surface area contributed by atoms with Crippen LogP contribution in [0.2, 0.25) is 0 Å². The highest BCUT2D eigenvalue weighted by atomic mass is 79.9. The fourth-order valence-electron chi connectivity index (χ4n) is 7.60. The van der Waals surface area contributed by atoms with Crippen LogP contribution in [0.4, 0.5) is 4.39 Å². The van der Waals surface area contributed by atoms with E-state index in [2.05, 4.69) is 22.9 Å². The van der Waals surface area contributed by atoms with Gasteiger partial charge in [-0.1, -0.05) is 22.9 Å². The molecule has 0 saturated heterocycles. The van der Waals surface area contributed by atoms with E-state index in [1.807, 2.05) is 6.92 Å². The minimum Gasteiger partial charge on any atom is -0.390 e. The molecule has 0 aliphatic heterocycles. The van der Waals surface area contributed by atoms with E-state index in [9.17, 15) is 9.90 Å². The van der Waals surface area contributed by atoms with Gasteiger partial charge in [-0.15, -0.1) is 0 Å². The predicted octanol–water partition coefficient (Wildman–Crippen LogP) is 5.06. The lowest BCUT2D eigenvalue weighted by molar-refractivity contribution is -0.165. The minimum atomic E-state index is -1.08. The molecule has 4 aliphatic carbocycles. The molecule has 4 rings (SSSR count). The number of fused-ring (bicyclic) bond motifs is 5. The Morgan fingerprint density at radius 3 is 2.56 bits per heavy atom. The van der Waals surface area contributed by atoms with Crippen molar-refractivity contribution in [1.29, 1.82) is 0 Å². The Hall–Kier alpha value is 0.0400. The number of aliphatic hydroxyl groups is 1. The zero-order valence-electron chi connectivity index (χ0n) is 15.6. The van der Waals surface area contributed by atoms with Crippen molar-refractivity contribution in [2.75, 3.05) is 5.33 Å². The topological polar surface area (TPSA) is 37.3 Å². The number of carbonyl (C=O) groups excluding carboxylic acids is 1. The van der Waals surface area contributed by atoms with Crippen LogP contribution < -0.4 is 0 Å². The molecule has 142 valence electrons. The molecular formula is C21H32BrFO2. The third-order valence-corrected chi connectivity index (χ3v) is 9.39. The second-order valence-corrected chi connectivity index (χ2v) is 10.6. The Labute approximate surface area is 159 Å².